The van der Waals surface area contributed by atoms with Gasteiger partial charge in [0.05, 0.1) is 42.0 Å². The number of fused-ring (bicyclic) bond motifs is 3. The van der Waals surface area contributed by atoms with Gasteiger partial charge in [-0.05, 0) is 44.7 Å². The molecule has 14 heteroatoms. The number of benzene rings is 2. The predicted molar refractivity (Wildman–Crippen MR) is 173 cm³/mol. The number of allylic oxidation sites excluding steroid dienone is 1. The molecule has 4 aliphatic rings. The van der Waals surface area contributed by atoms with E-state index in [2.05, 4.69) is 5.32 Å². The number of hydrogen-bond donors (Lipinski definition) is 6. The molecule has 6 rings (SSSR count). The number of Topliss-reactive ketones (excluding diaryl/α,β-unsaturated/α-hetero) is 1. The van der Waals surface area contributed by atoms with Crippen LogP contribution < -0.4 is 10.1 Å². The van der Waals surface area contributed by atoms with Gasteiger partial charge in [0, 0.05) is 36.0 Å². The number of aliphatic hydroxyl groups is 3. The third-order valence-electron chi connectivity index (χ3n) is 10.0. The smallest absolute Gasteiger partial charge is 0.408 e. The predicted octanol–water partition coefficient (Wildman–Crippen LogP) is 2.66. The summed E-state index contributed by atoms with van der Waals surface area (Å²) >= 11 is 0. The average Bonchev–Trinajstić information content (AvgIpc) is 3.07. The maximum atomic E-state index is 13.9. The van der Waals surface area contributed by atoms with Crippen molar-refractivity contribution in [3.8, 4) is 17.2 Å². The van der Waals surface area contributed by atoms with Crippen molar-refractivity contribution < 1.29 is 63.7 Å². The summed E-state index contributed by atoms with van der Waals surface area (Å²) < 4.78 is 23.0. The quantitative estimate of drug-likeness (QED) is 0.155. The molecule has 0 spiro atoms. The zero-order valence-electron chi connectivity index (χ0n) is 27.7. The van der Waals surface area contributed by atoms with Gasteiger partial charge >= 0.3 is 6.09 Å². The van der Waals surface area contributed by atoms with Gasteiger partial charge in [0.25, 0.3) is 0 Å². The van der Waals surface area contributed by atoms with Crippen molar-refractivity contribution in [1.29, 1.82) is 0 Å². The standard InChI is InChI=1S/C36H41NO13/c1-17-30(40)21(37-35(45)49-18-9-6-4-3-5-7-10-18)13-25(48-17)50-23-15-36(46,24(39)16-38)14-20-27(23)34(44)29-28(32(20)42)31(41)19-11-8-12-22(47-2)26(19)33(29)43/h6,8-9,11-12,17-18,21,23,25,30,38,40,42,44,46H,3-5,7,10,13-16H2,1-2H3,(H,37,45)/t17?,18-,21?,23-,25-,30+,36-/m0/s1. The van der Waals surface area contributed by atoms with Crippen LogP contribution in [0.4, 0.5) is 4.79 Å². The van der Waals surface area contributed by atoms with E-state index < -0.39 is 108 Å². The number of carbonyl (C=O) groups excluding carboxylic acids is 4. The molecular formula is C36H41NO13. The Balaban J connectivity index is 1.33. The summed E-state index contributed by atoms with van der Waals surface area (Å²) in [5, 5.41) is 58.1. The highest BCUT2D eigenvalue weighted by atomic mass is 16.7. The minimum absolute atomic E-state index is 0.0737. The van der Waals surface area contributed by atoms with Gasteiger partial charge in [-0.25, -0.2) is 4.79 Å². The van der Waals surface area contributed by atoms with Crippen LogP contribution in [0.2, 0.25) is 0 Å². The van der Waals surface area contributed by atoms with Crippen molar-refractivity contribution in [2.24, 2.45) is 0 Å². The number of rotatable bonds is 7. The molecule has 6 N–H and O–H groups in total. The first-order valence-electron chi connectivity index (χ1n) is 16.7. The van der Waals surface area contributed by atoms with Crippen molar-refractivity contribution in [2.45, 2.75) is 101 Å². The van der Waals surface area contributed by atoms with Gasteiger partial charge in [-0.2, -0.15) is 0 Å². The fourth-order valence-corrected chi connectivity index (χ4v) is 7.41. The number of phenolic OH excluding ortho intramolecular Hbond substituents is 2. The lowest BCUT2D eigenvalue weighted by molar-refractivity contribution is -0.249. The van der Waals surface area contributed by atoms with Gasteiger partial charge in [0.1, 0.15) is 41.7 Å². The minimum atomic E-state index is -2.32. The Morgan fingerprint density at radius 2 is 1.82 bits per heavy atom. The van der Waals surface area contributed by atoms with Crippen molar-refractivity contribution in [3.05, 3.63) is 63.7 Å². The number of alkyl carbamates (subject to hydrolysis) is 1. The lowest BCUT2D eigenvalue weighted by Crippen LogP contribution is -2.56. The number of phenols is 2. The summed E-state index contributed by atoms with van der Waals surface area (Å²) in [7, 11) is 1.31. The number of amides is 1. The molecule has 0 radical (unpaired) electrons. The summed E-state index contributed by atoms with van der Waals surface area (Å²) in [6, 6.07) is 3.41. The number of carbonyl (C=O) groups is 4. The molecule has 2 aromatic rings. The van der Waals surface area contributed by atoms with E-state index in [0.717, 1.165) is 25.7 Å². The van der Waals surface area contributed by atoms with E-state index in [1.54, 1.807) is 6.92 Å². The Kier molecular flexibility index (Phi) is 10.0. The van der Waals surface area contributed by atoms with E-state index in [4.69, 9.17) is 18.9 Å². The van der Waals surface area contributed by atoms with E-state index in [1.165, 1.54) is 25.3 Å². The molecular weight excluding hydrogens is 654 g/mol. The van der Waals surface area contributed by atoms with Crippen molar-refractivity contribution in [1.82, 2.24) is 5.32 Å². The molecule has 3 aliphatic carbocycles. The van der Waals surface area contributed by atoms with Gasteiger partial charge in [0.2, 0.25) is 5.78 Å². The van der Waals surface area contributed by atoms with Crippen LogP contribution in [0, 0.1) is 0 Å². The molecule has 0 saturated carbocycles. The second-order valence-electron chi connectivity index (χ2n) is 13.3. The van der Waals surface area contributed by atoms with Crippen molar-refractivity contribution >= 4 is 23.4 Å². The molecule has 0 aromatic heterocycles. The minimum Gasteiger partial charge on any atom is -0.507 e. The van der Waals surface area contributed by atoms with Crippen molar-refractivity contribution in [2.75, 3.05) is 13.7 Å². The summed E-state index contributed by atoms with van der Waals surface area (Å²) in [6.07, 6.45) is 1.13. The molecule has 268 valence electrons. The van der Waals surface area contributed by atoms with Gasteiger partial charge in [-0.3, -0.25) is 14.4 Å². The SMILES string of the molecule is COc1cccc2c1C(=O)c1c(O)c3c(c(O)c1C2=O)C[C@@](O)(C(=O)CO)C[C@@H]3O[C@H]1CC(NC(=O)O[C@H]2C=CCCCCC2)[C@H](O)C(C)O1. The van der Waals surface area contributed by atoms with E-state index >= 15 is 0 Å². The summed E-state index contributed by atoms with van der Waals surface area (Å²) in [6.45, 7) is 0.487. The third kappa shape index (κ3) is 6.37. The van der Waals surface area contributed by atoms with E-state index in [9.17, 15) is 44.7 Å². The first-order chi connectivity index (χ1) is 23.9. The van der Waals surface area contributed by atoms with Gasteiger partial charge < -0.3 is 49.8 Å². The zero-order valence-corrected chi connectivity index (χ0v) is 27.7. The lowest BCUT2D eigenvalue weighted by Gasteiger charge is -2.42. The number of aliphatic hydroxyl groups excluding tert-OH is 2. The molecule has 1 heterocycles. The topological polar surface area (TPSA) is 218 Å². The highest BCUT2D eigenvalue weighted by Crippen LogP contribution is 2.52. The molecule has 0 bridgehead atoms. The molecule has 1 fully saturated rings. The second kappa shape index (κ2) is 14.1. The number of nitrogens with one attached hydrogen (secondary N) is 1. The van der Waals surface area contributed by atoms with Crippen LogP contribution in [0.25, 0.3) is 0 Å². The number of hydrogen-bond acceptors (Lipinski definition) is 13. The maximum Gasteiger partial charge on any atom is 0.408 e. The third-order valence-corrected chi connectivity index (χ3v) is 10.0. The molecule has 1 amide bonds. The number of aromatic hydroxyl groups is 2. The monoisotopic (exact) mass is 695 g/mol. The Bertz CT molecular complexity index is 1740. The van der Waals surface area contributed by atoms with Crippen LogP contribution in [0.1, 0.15) is 101 Å². The molecule has 2 aromatic carbocycles. The van der Waals surface area contributed by atoms with Crippen LogP contribution >= 0.6 is 0 Å². The summed E-state index contributed by atoms with van der Waals surface area (Å²) in [5.41, 5.74) is -3.93. The van der Waals surface area contributed by atoms with Crippen LogP contribution in [0.3, 0.4) is 0 Å². The summed E-state index contributed by atoms with van der Waals surface area (Å²) in [5.74, 6) is -3.98. The van der Waals surface area contributed by atoms with Crippen LogP contribution in [0.15, 0.2) is 30.4 Å². The van der Waals surface area contributed by atoms with Crippen LogP contribution in [0.5, 0.6) is 17.2 Å². The first-order valence-corrected chi connectivity index (χ1v) is 16.7. The Labute approximate surface area is 287 Å². The van der Waals surface area contributed by atoms with Crippen LogP contribution in [-0.2, 0) is 25.4 Å². The summed E-state index contributed by atoms with van der Waals surface area (Å²) in [4.78, 5) is 53.4. The Morgan fingerprint density at radius 3 is 2.56 bits per heavy atom. The average molecular weight is 696 g/mol. The number of ether oxygens (including phenoxy) is 4. The molecule has 1 saturated heterocycles. The Morgan fingerprint density at radius 1 is 1.06 bits per heavy atom. The molecule has 1 aliphatic heterocycles. The van der Waals surface area contributed by atoms with E-state index in [1.807, 2.05) is 12.2 Å². The normalized spacial score (nSPS) is 29.1. The van der Waals surface area contributed by atoms with Crippen molar-refractivity contribution in [3.63, 3.8) is 0 Å². The molecule has 2 unspecified atom stereocenters. The second-order valence-corrected chi connectivity index (χ2v) is 13.3. The fourth-order valence-electron chi connectivity index (χ4n) is 7.41. The lowest BCUT2D eigenvalue weighted by atomic mass is 9.72. The van der Waals surface area contributed by atoms with Gasteiger partial charge in [0.15, 0.2) is 17.9 Å². The fraction of sp³-hybridized carbons (Fsp3) is 0.500. The van der Waals surface area contributed by atoms with Crippen LogP contribution in [-0.4, -0.2) is 98.9 Å². The first kappa shape index (κ1) is 35.5. The number of ketones is 3. The maximum absolute atomic E-state index is 13.9. The highest BCUT2D eigenvalue weighted by Gasteiger charge is 2.50. The highest BCUT2D eigenvalue weighted by molar-refractivity contribution is 6.31. The largest absolute Gasteiger partial charge is 0.507 e. The van der Waals surface area contributed by atoms with E-state index in [0.29, 0.717) is 6.42 Å². The Hall–Kier alpha value is -4.34. The van der Waals surface area contributed by atoms with Gasteiger partial charge in [-0.15, -0.1) is 0 Å². The molecule has 50 heavy (non-hydrogen) atoms. The van der Waals surface area contributed by atoms with E-state index in [-0.39, 0.29) is 34.4 Å². The molecule has 14 nitrogen and oxygen atoms in total. The molecule has 7 atom stereocenters. The zero-order chi connectivity index (χ0) is 35.9. The van der Waals surface area contributed by atoms with Gasteiger partial charge in [-0.1, -0.05) is 24.6 Å². The number of methoxy groups -OCH3 is 1.